The number of hydrogen-bond donors (Lipinski definition) is 1. The third-order valence-electron chi connectivity index (χ3n) is 5.86. The normalized spacial score (nSPS) is 18.7. The molecule has 0 unspecified atom stereocenters. The molecule has 0 amide bonds. The average molecular weight is 437 g/mol. The van der Waals surface area contributed by atoms with Gasteiger partial charge in [-0.15, -0.1) is 0 Å². The van der Waals surface area contributed by atoms with Gasteiger partial charge in [-0.3, -0.25) is 4.72 Å². The van der Waals surface area contributed by atoms with Gasteiger partial charge in [0.1, 0.15) is 10.7 Å². The van der Waals surface area contributed by atoms with E-state index in [2.05, 4.69) is 19.5 Å². The topological polar surface area (TPSA) is 65.5 Å². The summed E-state index contributed by atoms with van der Waals surface area (Å²) in [5, 5.41) is 0. The number of halogens is 2. The number of anilines is 2. The first-order chi connectivity index (χ1) is 14.4. The van der Waals surface area contributed by atoms with Crippen molar-refractivity contribution < 1.29 is 17.2 Å². The van der Waals surface area contributed by atoms with E-state index in [1.54, 1.807) is 6.07 Å². The van der Waals surface area contributed by atoms with Crippen molar-refractivity contribution >= 4 is 21.5 Å². The lowest BCUT2D eigenvalue weighted by molar-refractivity contribution is 0.249. The van der Waals surface area contributed by atoms with Crippen LogP contribution in [0.15, 0.2) is 41.4 Å². The molecule has 0 saturated carbocycles. The molecule has 0 spiro atoms. The summed E-state index contributed by atoms with van der Waals surface area (Å²) in [6.45, 7) is 5.43. The summed E-state index contributed by atoms with van der Waals surface area (Å²) in [5.41, 5.74) is -0.0435. The Bertz CT molecular complexity index is 971. The van der Waals surface area contributed by atoms with Crippen molar-refractivity contribution in [3.05, 3.63) is 48.2 Å². The number of aromatic nitrogens is 1. The molecule has 2 aliphatic heterocycles. The van der Waals surface area contributed by atoms with Crippen LogP contribution in [0.5, 0.6) is 0 Å². The van der Waals surface area contributed by atoms with Crippen molar-refractivity contribution in [2.24, 2.45) is 5.92 Å². The van der Waals surface area contributed by atoms with Gasteiger partial charge in [0, 0.05) is 31.9 Å². The third kappa shape index (κ3) is 4.89. The molecule has 162 valence electrons. The van der Waals surface area contributed by atoms with Crippen LogP contribution in [0.1, 0.15) is 25.7 Å². The molecule has 0 bridgehead atoms. The predicted octanol–water partition coefficient (Wildman–Crippen LogP) is 3.47. The van der Waals surface area contributed by atoms with Gasteiger partial charge in [-0.05, 0) is 69.0 Å². The van der Waals surface area contributed by atoms with E-state index < -0.39 is 21.7 Å². The monoisotopic (exact) mass is 436 g/mol. The molecule has 1 N–H and O–H groups in total. The van der Waals surface area contributed by atoms with Gasteiger partial charge < -0.3 is 9.80 Å². The van der Waals surface area contributed by atoms with Crippen molar-refractivity contribution in [3.8, 4) is 0 Å². The van der Waals surface area contributed by atoms with Gasteiger partial charge in [0.25, 0.3) is 10.0 Å². The number of hydrogen-bond acceptors (Lipinski definition) is 5. The fourth-order valence-electron chi connectivity index (χ4n) is 4.17. The van der Waals surface area contributed by atoms with Crippen molar-refractivity contribution in [1.82, 2.24) is 9.88 Å². The Morgan fingerprint density at radius 2 is 1.73 bits per heavy atom. The van der Waals surface area contributed by atoms with E-state index in [0.717, 1.165) is 43.9 Å². The van der Waals surface area contributed by atoms with E-state index in [9.17, 15) is 17.2 Å². The lowest BCUT2D eigenvalue weighted by Crippen LogP contribution is -2.38. The van der Waals surface area contributed by atoms with Crippen LogP contribution in [-0.2, 0) is 10.0 Å². The molecule has 0 aliphatic carbocycles. The minimum Gasteiger partial charge on any atom is -0.357 e. The van der Waals surface area contributed by atoms with Crippen molar-refractivity contribution in [2.45, 2.75) is 30.6 Å². The van der Waals surface area contributed by atoms with E-state index in [1.165, 1.54) is 50.8 Å². The molecule has 1 aromatic carbocycles. The van der Waals surface area contributed by atoms with Crippen LogP contribution >= 0.6 is 0 Å². The molecule has 30 heavy (non-hydrogen) atoms. The molecular weight excluding hydrogens is 410 g/mol. The van der Waals surface area contributed by atoms with Crippen LogP contribution in [0.4, 0.5) is 20.3 Å². The summed E-state index contributed by atoms with van der Waals surface area (Å²) in [6.07, 6.45) is 6.13. The first kappa shape index (κ1) is 21.0. The predicted molar refractivity (Wildman–Crippen MR) is 112 cm³/mol. The Balaban J connectivity index is 1.36. The zero-order valence-corrected chi connectivity index (χ0v) is 17.5. The third-order valence-corrected chi connectivity index (χ3v) is 7.22. The van der Waals surface area contributed by atoms with E-state index in [-0.39, 0.29) is 10.6 Å². The minimum absolute atomic E-state index is 0.0279. The highest BCUT2D eigenvalue weighted by Crippen LogP contribution is 2.25. The highest BCUT2D eigenvalue weighted by Gasteiger charge is 2.24. The molecule has 9 heteroatoms. The average Bonchev–Trinajstić information content (AvgIpc) is 3.24. The van der Waals surface area contributed by atoms with E-state index >= 15 is 0 Å². The summed E-state index contributed by atoms with van der Waals surface area (Å²) in [5.74, 6) is -0.689. The van der Waals surface area contributed by atoms with Crippen LogP contribution in [-0.4, -0.2) is 51.0 Å². The van der Waals surface area contributed by atoms with Gasteiger partial charge in [0.2, 0.25) is 0 Å². The second-order valence-electron chi connectivity index (χ2n) is 8.02. The Labute approximate surface area is 176 Å². The minimum atomic E-state index is -3.94. The largest absolute Gasteiger partial charge is 0.357 e. The van der Waals surface area contributed by atoms with Gasteiger partial charge in [0.15, 0.2) is 11.6 Å². The number of likely N-dealkylation sites (tertiary alicyclic amines) is 1. The standard InChI is InChI=1S/C21H26F2N4O2S/c22-19-5-3-17(13-20(19)23)25-30(28,29)18-4-6-21(24-14-18)27-11-7-16(8-12-27)15-26-9-1-2-10-26/h3-6,13-14,16,25H,1-2,7-12,15H2. The van der Waals surface area contributed by atoms with Crippen LogP contribution in [0.2, 0.25) is 0 Å². The molecular formula is C21H26F2N4O2S. The lowest BCUT2D eigenvalue weighted by atomic mass is 9.96. The second-order valence-corrected chi connectivity index (χ2v) is 9.71. The SMILES string of the molecule is O=S(=O)(Nc1ccc(F)c(F)c1)c1ccc(N2CCC(CN3CCCC3)CC2)nc1. The molecule has 0 radical (unpaired) electrons. The number of rotatable bonds is 6. The van der Waals surface area contributed by atoms with Crippen LogP contribution in [0.25, 0.3) is 0 Å². The number of nitrogens with one attached hydrogen (secondary N) is 1. The first-order valence-corrected chi connectivity index (χ1v) is 11.8. The van der Waals surface area contributed by atoms with Gasteiger partial charge in [-0.1, -0.05) is 0 Å². The lowest BCUT2D eigenvalue weighted by Gasteiger charge is -2.34. The van der Waals surface area contributed by atoms with Crippen LogP contribution < -0.4 is 9.62 Å². The summed E-state index contributed by atoms with van der Waals surface area (Å²) < 4.78 is 53.6. The van der Waals surface area contributed by atoms with E-state index in [4.69, 9.17) is 0 Å². The van der Waals surface area contributed by atoms with Gasteiger partial charge >= 0.3 is 0 Å². The fourth-order valence-corrected chi connectivity index (χ4v) is 5.16. The molecule has 1 aromatic heterocycles. The molecule has 2 aliphatic rings. The maximum Gasteiger partial charge on any atom is 0.263 e. The molecule has 3 heterocycles. The van der Waals surface area contributed by atoms with Crippen LogP contribution in [0, 0.1) is 17.6 Å². The molecule has 2 fully saturated rings. The van der Waals surface area contributed by atoms with Crippen molar-refractivity contribution in [3.63, 3.8) is 0 Å². The smallest absolute Gasteiger partial charge is 0.263 e. The highest BCUT2D eigenvalue weighted by molar-refractivity contribution is 7.92. The quantitative estimate of drug-likeness (QED) is 0.751. The number of pyridine rings is 1. The molecule has 0 atom stereocenters. The zero-order chi connectivity index (χ0) is 21.1. The fraction of sp³-hybridized carbons (Fsp3) is 0.476. The zero-order valence-electron chi connectivity index (χ0n) is 16.7. The summed E-state index contributed by atoms with van der Waals surface area (Å²) in [4.78, 5) is 9.04. The summed E-state index contributed by atoms with van der Waals surface area (Å²) in [6, 6.07) is 6.04. The van der Waals surface area contributed by atoms with E-state index in [0.29, 0.717) is 5.92 Å². The number of sulfonamides is 1. The molecule has 2 aromatic rings. The maximum absolute atomic E-state index is 13.3. The van der Waals surface area contributed by atoms with Crippen LogP contribution in [0.3, 0.4) is 0 Å². The Morgan fingerprint density at radius 3 is 2.37 bits per heavy atom. The number of nitrogens with zero attached hydrogens (tertiary/aromatic N) is 3. The Hall–Kier alpha value is -2.26. The first-order valence-electron chi connectivity index (χ1n) is 10.3. The van der Waals surface area contributed by atoms with Crippen molar-refractivity contribution in [2.75, 3.05) is 42.3 Å². The molecule has 2 saturated heterocycles. The van der Waals surface area contributed by atoms with Gasteiger partial charge in [-0.25, -0.2) is 22.2 Å². The highest BCUT2D eigenvalue weighted by atomic mass is 32.2. The van der Waals surface area contributed by atoms with E-state index in [1.807, 2.05) is 0 Å². The number of benzene rings is 1. The summed E-state index contributed by atoms with van der Waals surface area (Å²) >= 11 is 0. The van der Waals surface area contributed by atoms with Gasteiger partial charge in [-0.2, -0.15) is 0 Å². The number of piperidine rings is 1. The van der Waals surface area contributed by atoms with Gasteiger partial charge in [0.05, 0.1) is 5.69 Å². The molecule has 4 rings (SSSR count). The summed E-state index contributed by atoms with van der Waals surface area (Å²) in [7, 11) is -3.94. The van der Waals surface area contributed by atoms with Crippen molar-refractivity contribution in [1.29, 1.82) is 0 Å². The molecule has 6 nitrogen and oxygen atoms in total. The second kappa shape index (κ2) is 8.85. The Morgan fingerprint density at radius 1 is 1.00 bits per heavy atom. The Kier molecular flexibility index (Phi) is 6.19. The maximum atomic E-state index is 13.3.